The van der Waals surface area contributed by atoms with E-state index >= 15 is 0 Å². The molecule has 0 aliphatic rings. The largest absolute Gasteiger partial charge is 0.458 e. The van der Waals surface area contributed by atoms with E-state index in [1.807, 2.05) is 0 Å². The Morgan fingerprint density at radius 3 is 1.93 bits per heavy atom. The van der Waals surface area contributed by atoms with E-state index < -0.39 is 29.5 Å². The number of nitrogens with zero attached hydrogens (tertiary/aromatic N) is 3. The van der Waals surface area contributed by atoms with Gasteiger partial charge in [0.15, 0.2) is 11.2 Å². The first-order chi connectivity index (χ1) is 21.6. The standard InChI is InChI=1S/C31H22Cl3N5O6/c32-20-7-1-17(2-8-20)27(40)38-31-37-26-25(28(41)39-31)36-23(15-35-26)13-14-24(45-30(43)19-5-11-22(34)12-6-19)16-44-29(42)18-3-9-21(33)10-4-18/h1-12,15,24H,13-14,16H2,(H2,35,37,38,39,40,41). The van der Waals surface area contributed by atoms with E-state index in [9.17, 15) is 19.2 Å². The van der Waals surface area contributed by atoms with Crippen LogP contribution in [0.25, 0.3) is 11.2 Å². The molecule has 0 fully saturated rings. The minimum atomic E-state index is -0.871. The highest BCUT2D eigenvalue weighted by Gasteiger charge is 2.20. The molecule has 2 heterocycles. The summed E-state index contributed by atoms with van der Waals surface area (Å²) in [4.78, 5) is 66.0. The Labute approximate surface area is 270 Å². The van der Waals surface area contributed by atoms with Crippen molar-refractivity contribution in [3.8, 4) is 0 Å². The summed E-state index contributed by atoms with van der Waals surface area (Å²) in [6.07, 6.45) is 0.920. The quantitative estimate of drug-likeness (QED) is 0.172. The van der Waals surface area contributed by atoms with E-state index in [2.05, 4.69) is 25.3 Å². The lowest BCUT2D eigenvalue weighted by Gasteiger charge is -2.18. The number of hydrogen-bond donors (Lipinski definition) is 2. The number of anilines is 1. The molecule has 0 radical (unpaired) electrons. The monoisotopic (exact) mass is 665 g/mol. The van der Waals surface area contributed by atoms with Gasteiger partial charge in [0, 0.05) is 20.6 Å². The smallest absolute Gasteiger partial charge is 0.338 e. The molecule has 45 heavy (non-hydrogen) atoms. The minimum Gasteiger partial charge on any atom is -0.458 e. The molecule has 1 amide bonds. The van der Waals surface area contributed by atoms with E-state index in [0.717, 1.165) is 0 Å². The Hall–Kier alpha value is -4.84. The molecule has 0 saturated carbocycles. The van der Waals surface area contributed by atoms with Gasteiger partial charge in [-0.15, -0.1) is 0 Å². The molecule has 0 aliphatic heterocycles. The lowest BCUT2D eigenvalue weighted by Crippen LogP contribution is -2.26. The van der Waals surface area contributed by atoms with Gasteiger partial charge in [-0.2, -0.15) is 4.98 Å². The van der Waals surface area contributed by atoms with Crippen LogP contribution in [0.15, 0.2) is 83.8 Å². The molecular weight excluding hydrogens is 645 g/mol. The number of fused-ring (bicyclic) bond motifs is 1. The van der Waals surface area contributed by atoms with Crippen LogP contribution in [0.4, 0.5) is 5.95 Å². The Morgan fingerprint density at radius 2 is 1.33 bits per heavy atom. The third-order valence-corrected chi connectivity index (χ3v) is 7.12. The number of halogens is 3. The zero-order valence-electron chi connectivity index (χ0n) is 23.1. The number of H-pyrrole nitrogens is 1. The Morgan fingerprint density at radius 1 is 0.778 bits per heavy atom. The normalized spacial score (nSPS) is 11.5. The number of amides is 1. The number of carbonyl (C=O) groups excluding carboxylic acids is 3. The summed E-state index contributed by atoms with van der Waals surface area (Å²) in [5, 5.41) is 3.91. The van der Waals surface area contributed by atoms with Crippen LogP contribution in [0.5, 0.6) is 0 Å². The number of ether oxygens (including phenoxy) is 2. The van der Waals surface area contributed by atoms with Gasteiger partial charge in [-0.25, -0.2) is 19.6 Å². The molecule has 0 aliphatic carbocycles. The molecule has 5 rings (SSSR count). The second-order valence-corrected chi connectivity index (χ2v) is 10.9. The zero-order chi connectivity index (χ0) is 31.9. The summed E-state index contributed by atoms with van der Waals surface area (Å²) >= 11 is 17.7. The van der Waals surface area contributed by atoms with E-state index in [1.54, 1.807) is 36.4 Å². The van der Waals surface area contributed by atoms with Gasteiger partial charge in [-0.3, -0.25) is 19.9 Å². The number of carbonyl (C=O) groups is 3. The fourth-order valence-corrected chi connectivity index (χ4v) is 4.42. The van der Waals surface area contributed by atoms with Crippen LogP contribution >= 0.6 is 34.8 Å². The predicted molar refractivity (Wildman–Crippen MR) is 168 cm³/mol. The van der Waals surface area contributed by atoms with Crippen molar-refractivity contribution < 1.29 is 23.9 Å². The lowest BCUT2D eigenvalue weighted by atomic mass is 10.1. The molecular formula is C31H22Cl3N5O6. The number of rotatable bonds is 10. The first-order valence-electron chi connectivity index (χ1n) is 13.4. The van der Waals surface area contributed by atoms with Crippen LogP contribution in [-0.4, -0.2) is 50.5 Å². The van der Waals surface area contributed by atoms with Crippen molar-refractivity contribution in [1.29, 1.82) is 0 Å². The maximum Gasteiger partial charge on any atom is 0.338 e. The second kappa shape index (κ2) is 14.3. The van der Waals surface area contributed by atoms with Crippen molar-refractivity contribution in [1.82, 2.24) is 19.9 Å². The van der Waals surface area contributed by atoms with Gasteiger partial charge < -0.3 is 9.47 Å². The van der Waals surface area contributed by atoms with Gasteiger partial charge in [-0.05, 0) is 85.6 Å². The number of aromatic amines is 1. The minimum absolute atomic E-state index is 0.0107. The molecule has 14 heteroatoms. The van der Waals surface area contributed by atoms with Crippen molar-refractivity contribution in [3.05, 3.63) is 127 Å². The van der Waals surface area contributed by atoms with Gasteiger partial charge in [0.1, 0.15) is 12.7 Å². The number of nitrogens with one attached hydrogen (secondary N) is 2. The van der Waals surface area contributed by atoms with Crippen LogP contribution in [0.2, 0.25) is 15.1 Å². The maximum atomic E-state index is 12.8. The van der Waals surface area contributed by atoms with Gasteiger partial charge in [0.05, 0.1) is 23.0 Å². The summed E-state index contributed by atoms with van der Waals surface area (Å²) in [5.41, 5.74) is 0.576. The molecule has 228 valence electrons. The molecule has 0 saturated heterocycles. The van der Waals surface area contributed by atoms with Crippen LogP contribution in [0, 0.1) is 0 Å². The Balaban J connectivity index is 1.28. The van der Waals surface area contributed by atoms with Crippen LogP contribution in [-0.2, 0) is 15.9 Å². The molecule has 1 unspecified atom stereocenters. The van der Waals surface area contributed by atoms with Gasteiger partial charge in [0.2, 0.25) is 5.95 Å². The Bertz CT molecular complexity index is 1920. The average molecular weight is 667 g/mol. The summed E-state index contributed by atoms with van der Waals surface area (Å²) in [6.45, 7) is -0.249. The third-order valence-electron chi connectivity index (χ3n) is 6.36. The molecule has 2 N–H and O–H groups in total. The molecule has 0 bridgehead atoms. The molecule has 1 atom stereocenters. The maximum absolute atomic E-state index is 12.8. The van der Waals surface area contributed by atoms with Crippen molar-refractivity contribution >= 4 is 69.8 Å². The molecule has 0 spiro atoms. The number of hydrogen-bond acceptors (Lipinski definition) is 9. The van der Waals surface area contributed by atoms with Gasteiger partial charge in [-0.1, -0.05) is 34.8 Å². The van der Waals surface area contributed by atoms with Crippen molar-refractivity contribution in [2.24, 2.45) is 0 Å². The first-order valence-corrected chi connectivity index (χ1v) is 14.5. The highest BCUT2D eigenvalue weighted by atomic mass is 35.5. The summed E-state index contributed by atoms with van der Waals surface area (Å²) in [5.74, 6) is -1.88. The number of benzene rings is 3. The molecule has 3 aromatic carbocycles. The van der Waals surface area contributed by atoms with Gasteiger partial charge >= 0.3 is 11.9 Å². The number of aryl methyl sites for hydroxylation is 1. The number of aromatic nitrogens is 4. The summed E-state index contributed by atoms with van der Waals surface area (Å²) in [6, 6.07) is 18.5. The van der Waals surface area contributed by atoms with Crippen LogP contribution in [0.3, 0.4) is 0 Å². The zero-order valence-corrected chi connectivity index (χ0v) is 25.4. The average Bonchev–Trinajstić information content (AvgIpc) is 3.03. The van der Waals surface area contributed by atoms with E-state index in [-0.39, 0.29) is 47.7 Å². The van der Waals surface area contributed by atoms with E-state index in [0.29, 0.717) is 26.3 Å². The topological polar surface area (TPSA) is 153 Å². The fourth-order valence-electron chi connectivity index (χ4n) is 4.04. The molecule has 5 aromatic rings. The van der Waals surface area contributed by atoms with E-state index in [1.165, 1.54) is 42.6 Å². The van der Waals surface area contributed by atoms with Crippen LogP contribution < -0.4 is 10.9 Å². The number of esters is 2. The highest BCUT2D eigenvalue weighted by Crippen LogP contribution is 2.16. The summed E-state index contributed by atoms with van der Waals surface area (Å²) < 4.78 is 11.1. The first kappa shape index (κ1) is 31.6. The highest BCUT2D eigenvalue weighted by molar-refractivity contribution is 6.31. The third kappa shape index (κ3) is 8.42. The van der Waals surface area contributed by atoms with Crippen molar-refractivity contribution in [2.75, 3.05) is 11.9 Å². The second-order valence-electron chi connectivity index (χ2n) is 9.59. The molecule has 11 nitrogen and oxygen atoms in total. The lowest BCUT2D eigenvalue weighted by molar-refractivity contribution is -0.00272. The predicted octanol–water partition coefficient (Wildman–Crippen LogP) is 5.94. The van der Waals surface area contributed by atoms with Crippen molar-refractivity contribution in [3.63, 3.8) is 0 Å². The van der Waals surface area contributed by atoms with Gasteiger partial charge in [0.25, 0.3) is 11.5 Å². The van der Waals surface area contributed by atoms with E-state index in [4.69, 9.17) is 44.3 Å². The molecule has 2 aromatic heterocycles. The van der Waals surface area contributed by atoms with Crippen LogP contribution in [0.1, 0.15) is 43.2 Å². The fraction of sp³-hybridized carbons (Fsp3) is 0.129. The SMILES string of the molecule is O=C(Nc1nc2ncc(CCC(COC(=O)c3ccc(Cl)cc3)OC(=O)c3ccc(Cl)cc3)nc2c(=O)[nH]1)c1ccc(Cl)cc1. The summed E-state index contributed by atoms with van der Waals surface area (Å²) in [7, 11) is 0. The Kier molecular flexibility index (Phi) is 10.0. The van der Waals surface area contributed by atoms with Crippen molar-refractivity contribution in [2.45, 2.75) is 18.9 Å².